The maximum absolute atomic E-state index is 11.4. The Morgan fingerprint density at radius 2 is 2.28 bits per heavy atom. The molecule has 0 spiro atoms. The van der Waals surface area contributed by atoms with Crippen molar-refractivity contribution >= 4 is 12.0 Å². The van der Waals surface area contributed by atoms with E-state index in [9.17, 15) is 9.59 Å². The SMILES string of the molecule is CCC[C@@H](NC(=O)NCCc1ccco1)C(=O)O. The van der Waals surface area contributed by atoms with Gasteiger partial charge in [-0.2, -0.15) is 0 Å². The van der Waals surface area contributed by atoms with Gasteiger partial charge in [0.05, 0.1) is 6.26 Å². The lowest BCUT2D eigenvalue weighted by Crippen LogP contribution is -2.46. The highest BCUT2D eigenvalue weighted by Crippen LogP contribution is 2.00. The number of amides is 2. The largest absolute Gasteiger partial charge is 0.480 e. The maximum atomic E-state index is 11.4. The third-order valence-corrected chi connectivity index (χ3v) is 2.42. The second-order valence-electron chi connectivity index (χ2n) is 3.91. The van der Waals surface area contributed by atoms with Gasteiger partial charge in [0.2, 0.25) is 0 Å². The molecule has 0 aliphatic carbocycles. The van der Waals surface area contributed by atoms with Gasteiger partial charge in [0, 0.05) is 13.0 Å². The molecule has 1 aromatic rings. The molecule has 1 rings (SSSR count). The van der Waals surface area contributed by atoms with Crippen LogP contribution in [-0.2, 0) is 11.2 Å². The van der Waals surface area contributed by atoms with Crippen LogP contribution in [0.4, 0.5) is 4.79 Å². The fraction of sp³-hybridized carbons (Fsp3) is 0.500. The van der Waals surface area contributed by atoms with Gasteiger partial charge in [-0.25, -0.2) is 9.59 Å². The summed E-state index contributed by atoms with van der Waals surface area (Å²) in [6, 6.07) is 2.29. The number of rotatable bonds is 7. The number of carbonyl (C=O) groups excluding carboxylic acids is 1. The highest BCUT2D eigenvalue weighted by molar-refractivity contribution is 5.82. The summed E-state index contributed by atoms with van der Waals surface area (Å²) in [6.07, 6.45) is 3.26. The van der Waals surface area contributed by atoms with Gasteiger partial charge >= 0.3 is 12.0 Å². The third-order valence-electron chi connectivity index (χ3n) is 2.42. The van der Waals surface area contributed by atoms with E-state index in [4.69, 9.17) is 9.52 Å². The highest BCUT2D eigenvalue weighted by Gasteiger charge is 2.18. The van der Waals surface area contributed by atoms with Crippen LogP contribution in [0.3, 0.4) is 0 Å². The molecule has 0 radical (unpaired) electrons. The molecule has 0 saturated carbocycles. The van der Waals surface area contributed by atoms with Gasteiger partial charge in [-0.05, 0) is 18.6 Å². The second-order valence-corrected chi connectivity index (χ2v) is 3.91. The predicted octanol–water partition coefficient (Wildman–Crippen LogP) is 1.37. The molecule has 3 N–H and O–H groups in total. The molecular weight excluding hydrogens is 236 g/mol. The molecule has 6 heteroatoms. The van der Waals surface area contributed by atoms with Gasteiger partial charge in [0.1, 0.15) is 11.8 Å². The fourth-order valence-electron chi connectivity index (χ4n) is 1.51. The number of carboxylic acid groups (broad SMARTS) is 1. The van der Waals surface area contributed by atoms with E-state index in [0.29, 0.717) is 25.8 Å². The summed E-state index contributed by atoms with van der Waals surface area (Å²) in [7, 11) is 0. The summed E-state index contributed by atoms with van der Waals surface area (Å²) in [5.74, 6) is -0.239. The predicted molar refractivity (Wildman–Crippen MR) is 65.3 cm³/mol. The molecule has 0 aromatic carbocycles. The number of urea groups is 1. The first kappa shape index (κ1) is 14.1. The smallest absolute Gasteiger partial charge is 0.326 e. The Balaban J connectivity index is 2.25. The van der Waals surface area contributed by atoms with Crippen LogP contribution in [0.5, 0.6) is 0 Å². The number of nitrogens with one attached hydrogen (secondary N) is 2. The van der Waals surface area contributed by atoms with Crippen molar-refractivity contribution in [3.63, 3.8) is 0 Å². The number of carbonyl (C=O) groups is 2. The topological polar surface area (TPSA) is 91.6 Å². The molecule has 1 aromatic heterocycles. The zero-order chi connectivity index (χ0) is 13.4. The van der Waals surface area contributed by atoms with Crippen molar-refractivity contribution in [3.8, 4) is 0 Å². The van der Waals surface area contributed by atoms with E-state index >= 15 is 0 Å². The Morgan fingerprint density at radius 1 is 1.50 bits per heavy atom. The van der Waals surface area contributed by atoms with Gasteiger partial charge in [-0.3, -0.25) is 0 Å². The van der Waals surface area contributed by atoms with Gasteiger partial charge in [0.15, 0.2) is 0 Å². The van der Waals surface area contributed by atoms with Crippen molar-refractivity contribution in [2.24, 2.45) is 0 Å². The van der Waals surface area contributed by atoms with Crippen LogP contribution in [0.15, 0.2) is 22.8 Å². The molecule has 18 heavy (non-hydrogen) atoms. The van der Waals surface area contributed by atoms with E-state index in [1.54, 1.807) is 12.3 Å². The minimum atomic E-state index is -1.02. The van der Waals surface area contributed by atoms with Crippen molar-refractivity contribution in [1.29, 1.82) is 0 Å². The Labute approximate surface area is 105 Å². The van der Waals surface area contributed by atoms with Crippen LogP contribution in [-0.4, -0.2) is 29.7 Å². The Morgan fingerprint density at radius 3 is 2.83 bits per heavy atom. The average Bonchev–Trinajstić information content (AvgIpc) is 2.81. The van der Waals surface area contributed by atoms with Gasteiger partial charge in [0.25, 0.3) is 0 Å². The number of aliphatic carboxylic acids is 1. The van der Waals surface area contributed by atoms with Crippen LogP contribution in [0, 0.1) is 0 Å². The Hall–Kier alpha value is -1.98. The van der Waals surface area contributed by atoms with Crippen molar-refractivity contribution in [3.05, 3.63) is 24.2 Å². The zero-order valence-electron chi connectivity index (χ0n) is 10.3. The summed E-state index contributed by atoms with van der Waals surface area (Å²) < 4.78 is 5.11. The van der Waals surface area contributed by atoms with Crippen molar-refractivity contribution < 1.29 is 19.1 Å². The molecule has 0 unspecified atom stereocenters. The molecular formula is C12H18N2O4. The lowest BCUT2D eigenvalue weighted by molar-refractivity contribution is -0.139. The summed E-state index contributed by atoms with van der Waals surface area (Å²) in [4.78, 5) is 22.3. The van der Waals surface area contributed by atoms with Gasteiger partial charge in [-0.1, -0.05) is 13.3 Å². The molecule has 100 valence electrons. The normalized spacial score (nSPS) is 11.8. The molecule has 1 atom stereocenters. The highest BCUT2D eigenvalue weighted by atomic mass is 16.4. The molecule has 0 saturated heterocycles. The number of hydrogen-bond acceptors (Lipinski definition) is 3. The first-order valence-corrected chi connectivity index (χ1v) is 5.93. The molecule has 0 aliphatic rings. The molecule has 1 heterocycles. The molecule has 2 amide bonds. The molecule has 6 nitrogen and oxygen atoms in total. The number of furan rings is 1. The Kier molecular flexibility index (Phi) is 5.76. The van der Waals surface area contributed by atoms with E-state index in [-0.39, 0.29) is 0 Å². The molecule has 0 bridgehead atoms. The first-order chi connectivity index (χ1) is 8.63. The molecule has 0 fully saturated rings. The maximum Gasteiger partial charge on any atom is 0.326 e. The van der Waals surface area contributed by atoms with Crippen LogP contribution in [0.25, 0.3) is 0 Å². The second kappa shape index (κ2) is 7.37. The minimum Gasteiger partial charge on any atom is -0.480 e. The van der Waals surface area contributed by atoms with Crippen LogP contribution in [0.2, 0.25) is 0 Å². The van der Waals surface area contributed by atoms with E-state index in [1.165, 1.54) is 0 Å². The standard InChI is InChI=1S/C12H18N2O4/c1-2-4-10(11(15)16)14-12(17)13-7-6-9-5-3-8-18-9/h3,5,8,10H,2,4,6-7H2,1H3,(H,15,16)(H2,13,14,17)/t10-/m1/s1. The monoisotopic (exact) mass is 254 g/mol. The Bertz CT molecular complexity index is 375. The van der Waals surface area contributed by atoms with Crippen LogP contribution < -0.4 is 10.6 Å². The lowest BCUT2D eigenvalue weighted by atomic mass is 10.2. The third kappa shape index (κ3) is 4.90. The molecule has 0 aliphatic heterocycles. The number of carboxylic acids is 1. The summed E-state index contributed by atoms with van der Waals surface area (Å²) in [5.41, 5.74) is 0. The van der Waals surface area contributed by atoms with Crippen LogP contribution in [0.1, 0.15) is 25.5 Å². The van der Waals surface area contributed by atoms with E-state index in [2.05, 4.69) is 10.6 Å². The van der Waals surface area contributed by atoms with E-state index in [0.717, 1.165) is 5.76 Å². The number of hydrogen-bond donors (Lipinski definition) is 3. The fourth-order valence-corrected chi connectivity index (χ4v) is 1.51. The zero-order valence-corrected chi connectivity index (χ0v) is 10.3. The summed E-state index contributed by atoms with van der Waals surface area (Å²) in [6.45, 7) is 2.27. The van der Waals surface area contributed by atoms with E-state index in [1.807, 2.05) is 13.0 Å². The van der Waals surface area contributed by atoms with Crippen LogP contribution >= 0.6 is 0 Å². The summed E-state index contributed by atoms with van der Waals surface area (Å²) in [5, 5.41) is 13.9. The quantitative estimate of drug-likeness (QED) is 0.685. The van der Waals surface area contributed by atoms with Crippen molar-refractivity contribution in [1.82, 2.24) is 10.6 Å². The van der Waals surface area contributed by atoms with Crippen molar-refractivity contribution in [2.75, 3.05) is 6.54 Å². The van der Waals surface area contributed by atoms with Gasteiger partial charge < -0.3 is 20.2 Å². The van der Waals surface area contributed by atoms with Crippen molar-refractivity contribution in [2.45, 2.75) is 32.2 Å². The van der Waals surface area contributed by atoms with Gasteiger partial charge in [-0.15, -0.1) is 0 Å². The summed E-state index contributed by atoms with van der Waals surface area (Å²) >= 11 is 0. The lowest BCUT2D eigenvalue weighted by Gasteiger charge is -2.13. The minimum absolute atomic E-state index is 0.401. The van der Waals surface area contributed by atoms with E-state index < -0.39 is 18.0 Å². The average molecular weight is 254 g/mol. The first-order valence-electron chi connectivity index (χ1n) is 5.93.